The molecule has 0 aliphatic rings. The molecule has 122 valence electrons. The molecule has 0 bridgehead atoms. The van der Waals surface area contributed by atoms with Gasteiger partial charge in [0.25, 0.3) is 5.91 Å². The summed E-state index contributed by atoms with van der Waals surface area (Å²) in [6.07, 6.45) is 8.91. The van der Waals surface area contributed by atoms with E-state index in [9.17, 15) is 4.79 Å². The largest absolute Gasteiger partial charge is 0.344 e. The average Bonchev–Trinajstić information content (AvgIpc) is 3.06. The topological polar surface area (TPSA) is 85.6 Å². The molecule has 24 heavy (non-hydrogen) atoms. The minimum absolute atomic E-state index is 0.108. The molecule has 3 rings (SSSR count). The van der Waals surface area contributed by atoms with Crippen molar-refractivity contribution in [1.29, 1.82) is 0 Å². The van der Waals surface area contributed by atoms with Crippen LogP contribution < -0.4 is 5.32 Å². The Balaban J connectivity index is 1.74. The fraction of sp³-hybridized carbons (Fsp3) is 0.235. The average molecular weight is 322 g/mol. The third-order valence-corrected chi connectivity index (χ3v) is 3.76. The lowest BCUT2D eigenvalue weighted by molar-refractivity contribution is 0.0933. The highest BCUT2D eigenvalue weighted by Gasteiger charge is 2.17. The Bertz CT molecular complexity index is 813. The molecule has 0 fully saturated rings. The second-order valence-electron chi connectivity index (χ2n) is 5.35. The number of pyridine rings is 1. The van der Waals surface area contributed by atoms with Crippen LogP contribution in [0.25, 0.3) is 11.4 Å². The molecule has 0 aromatic carbocycles. The second kappa shape index (κ2) is 6.99. The number of hydrogen-bond acceptors (Lipinski definition) is 5. The summed E-state index contributed by atoms with van der Waals surface area (Å²) in [7, 11) is 1.86. The Labute approximate surface area is 139 Å². The Kier molecular flexibility index (Phi) is 4.60. The van der Waals surface area contributed by atoms with Gasteiger partial charge in [0, 0.05) is 43.6 Å². The van der Waals surface area contributed by atoms with E-state index in [-0.39, 0.29) is 11.9 Å². The van der Waals surface area contributed by atoms with Gasteiger partial charge < -0.3 is 5.32 Å². The number of aromatic nitrogens is 5. The molecule has 3 aromatic rings. The third-order valence-electron chi connectivity index (χ3n) is 3.76. The van der Waals surface area contributed by atoms with Crippen molar-refractivity contribution in [3.8, 4) is 11.4 Å². The maximum absolute atomic E-state index is 12.4. The first kappa shape index (κ1) is 15.8. The molecule has 0 saturated heterocycles. The molecule has 0 radical (unpaired) electrons. The van der Waals surface area contributed by atoms with E-state index in [1.807, 2.05) is 32.2 Å². The summed E-state index contributed by atoms with van der Waals surface area (Å²) in [5.74, 6) is 0.333. The van der Waals surface area contributed by atoms with Gasteiger partial charge in [-0.25, -0.2) is 9.97 Å². The van der Waals surface area contributed by atoms with Gasteiger partial charge in [-0.2, -0.15) is 5.10 Å². The van der Waals surface area contributed by atoms with Crippen molar-refractivity contribution in [3.05, 3.63) is 60.4 Å². The first-order chi connectivity index (χ1) is 11.7. The van der Waals surface area contributed by atoms with Gasteiger partial charge in [0.05, 0.1) is 17.3 Å². The molecule has 0 spiro atoms. The van der Waals surface area contributed by atoms with E-state index in [1.54, 1.807) is 23.3 Å². The van der Waals surface area contributed by atoms with E-state index in [4.69, 9.17) is 0 Å². The van der Waals surface area contributed by atoms with Crippen LogP contribution in [-0.2, 0) is 7.05 Å². The van der Waals surface area contributed by atoms with Crippen LogP contribution in [0, 0.1) is 0 Å². The summed E-state index contributed by atoms with van der Waals surface area (Å²) < 4.78 is 1.76. The minimum Gasteiger partial charge on any atom is -0.344 e. The molecule has 3 aromatic heterocycles. The van der Waals surface area contributed by atoms with Crippen molar-refractivity contribution in [2.75, 3.05) is 0 Å². The van der Waals surface area contributed by atoms with Gasteiger partial charge in [-0.05, 0) is 24.6 Å². The summed E-state index contributed by atoms with van der Waals surface area (Å²) in [5, 5.41) is 7.14. The number of carbonyl (C=O) groups is 1. The van der Waals surface area contributed by atoms with Crippen LogP contribution in [0.4, 0.5) is 0 Å². The first-order valence-electron chi connectivity index (χ1n) is 7.70. The van der Waals surface area contributed by atoms with Gasteiger partial charge in [-0.3, -0.25) is 14.5 Å². The zero-order valence-corrected chi connectivity index (χ0v) is 13.5. The number of carbonyl (C=O) groups excluding carboxylic acids is 1. The van der Waals surface area contributed by atoms with Crippen LogP contribution in [0.3, 0.4) is 0 Å². The number of hydrogen-bond donors (Lipinski definition) is 1. The maximum atomic E-state index is 12.4. The van der Waals surface area contributed by atoms with Gasteiger partial charge in [-0.1, -0.05) is 6.92 Å². The Morgan fingerprint density at radius 1 is 1.21 bits per heavy atom. The molecule has 1 atom stereocenters. The van der Waals surface area contributed by atoms with Gasteiger partial charge in [0.15, 0.2) is 5.82 Å². The summed E-state index contributed by atoms with van der Waals surface area (Å²) in [6, 6.07) is 5.48. The van der Waals surface area contributed by atoms with E-state index in [0.29, 0.717) is 11.4 Å². The highest BCUT2D eigenvalue weighted by atomic mass is 16.1. The summed E-state index contributed by atoms with van der Waals surface area (Å²) >= 11 is 0. The molecular formula is C17H18N6O. The SMILES string of the molecule is CC[C@H](NC(=O)c1cnc(-c2cccnc2)nc1)c1ccnn1C. The number of aryl methyl sites for hydroxylation is 1. The fourth-order valence-electron chi connectivity index (χ4n) is 2.44. The van der Waals surface area contributed by atoms with E-state index in [2.05, 4.69) is 25.4 Å². The number of nitrogens with one attached hydrogen (secondary N) is 1. The monoisotopic (exact) mass is 322 g/mol. The van der Waals surface area contributed by atoms with E-state index >= 15 is 0 Å². The molecule has 3 heterocycles. The highest BCUT2D eigenvalue weighted by Crippen LogP contribution is 2.16. The molecule has 0 aliphatic heterocycles. The smallest absolute Gasteiger partial charge is 0.254 e. The van der Waals surface area contributed by atoms with Crippen LogP contribution in [0.5, 0.6) is 0 Å². The maximum Gasteiger partial charge on any atom is 0.254 e. The molecule has 1 N–H and O–H groups in total. The van der Waals surface area contributed by atoms with Crippen molar-refractivity contribution in [2.24, 2.45) is 7.05 Å². The Hall–Kier alpha value is -3.09. The van der Waals surface area contributed by atoms with Gasteiger partial charge >= 0.3 is 0 Å². The summed E-state index contributed by atoms with van der Waals surface area (Å²) in [4.78, 5) is 25.0. The van der Waals surface area contributed by atoms with Crippen LogP contribution >= 0.6 is 0 Å². The Morgan fingerprint density at radius 2 is 2.00 bits per heavy atom. The lowest BCUT2D eigenvalue weighted by Crippen LogP contribution is -2.29. The first-order valence-corrected chi connectivity index (χ1v) is 7.70. The standard InChI is InChI=1S/C17H18N6O/c1-3-14(15-6-8-21-23(15)2)22-17(24)13-10-19-16(20-11-13)12-5-4-7-18-9-12/h4-11,14H,3H2,1-2H3,(H,22,24)/t14-/m0/s1. The molecule has 7 heteroatoms. The molecule has 0 unspecified atom stereocenters. The van der Waals surface area contributed by atoms with Crippen LogP contribution in [0.1, 0.15) is 35.4 Å². The number of amides is 1. The van der Waals surface area contributed by atoms with Gasteiger partial charge in [0.2, 0.25) is 0 Å². The van der Waals surface area contributed by atoms with Gasteiger partial charge in [0.1, 0.15) is 0 Å². The number of nitrogens with zero attached hydrogens (tertiary/aromatic N) is 5. The van der Waals surface area contributed by atoms with Crippen LogP contribution in [0.2, 0.25) is 0 Å². The molecule has 1 amide bonds. The molecule has 7 nitrogen and oxygen atoms in total. The van der Waals surface area contributed by atoms with E-state index in [1.165, 1.54) is 12.4 Å². The quantitative estimate of drug-likeness (QED) is 0.778. The van der Waals surface area contributed by atoms with E-state index < -0.39 is 0 Å². The van der Waals surface area contributed by atoms with Crippen LogP contribution in [-0.4, -0.2) is 30.6 Å². The van der Waals surface area contributed by atoms with Crippen molar-refractivity contribution < 1.29 is 4.79 Å². The lowest BCUT2D eigenvalue weighted by atomic mass is 10.1. The highest BCUT2D eigenvalue weighted by molar-refractivity contribution is 5.93. The summed E-state index contributed by atoms with van der Waals surface area (Å²) in [6.45, 7) is 2.01. The van der Waals surface area contributed by atoms with Crippen molar-refractivity contribution in [2.45, 2.75) is 19.4 Å². The Morgan fingerprint density at radius 3 is 2.58 bits per heavy atom. The summed E-state index contributed by atoms with van der Waals surface area (Å²) in [5.41, 5.74) is 2.19. The molecule has 0 aliphatic carbocycles. The fourth-order valence-corrected chi connectivity index (χ4v) is 2.44. The van der Waals surface area contributed by atoms with Crippen molar-refractivity contribution in [3.63, 3.8) is 0 Å². The molecule has 0 saturated carbocycles. The van der Waals surface area contributed by atoms with E-state index in [0.717, 1.165) is 17.7 Å². The predicted molar refractivity (Wildman–Crippen MR) is 89.0 cm³/mol. The molecular weight excluding hydrogens is 304 g/mol. The minimum atomic E-state index is -0.208. The van der Waals surface area contributed by atoms with Crippen LogP contribution in [0.15, 0.2) is 49.2 Å². The zero-order valence-electron chi connectivity index (χ0n) is 13.5. The normalized spacial score (nSPS) is 11.9. The zero-order chi connectivity index (χ0) is 16.9. The predicted octanol–water partition coefficient (Wildman–Crippen LogP) is 2.15. The second-order valence-corrected chi connectivity index (χ2v) is 5.35. The lowest BCUT2D eigenvalue weighted by Gasteiger charge is -2.17. The van der Waals surface area contributed by atoms with Crippen molar-refractivity contribution in [1.82, 2.24) is 30.0 Å². The van der Waals surface area contributed by atoms with Gasteiger partial charge in [-0.15, -0.1) is 0 Å². The number of rotatable bonds is 5. The van der Waals surface area contributed by atoms with Crippen molar-refractivity contribution >= 4 is 5.91 Å². The third kappa shape index (κ3) is 3.29.